The second-order valence-corrected chi connectivity index (χ2v) is 14.4. The maximum atomic E-state index is 11.4. The molecule has 0 radical (unpaired) electrons. The molecule has 10 atom stereocenters. The van der Waals surface area contributed by atoms with E-state index in [9.17, 15) is 10.2 Å². The van der Waals surface area contributed by atoms with Gasteiger partial charge in [0.15, 0.2) is 0 Å². The molecule has 1 aromatic rings. The number of hydrogen-bond donors (Lipinski definition) is 2. The summed E-state index contributed by atoms with van der Waals surface area (Å²) in [4.78, 5) is 0. The molecule has 0 saturated heterocycles. The smallest absolute Gasteiger partial charge is 0.119 e. The lowest BCUT2D eigenvalue weighted by molar-refractivity contribution is -0.138. The summed E-state index contributed by atoms with van der Waals surface area (Å²) in [6.45, 7) is 12.5. The molecular weight excluding hydrogens is 428 g/mol. The van der Waals surface area contributed by atoms with Crippen LogP contribution in [0.2, 0.25) is 0 Å². The highest BCUT2D eigenvalue weighted by Crippen LogP contribution is 2.69. The van der Waals surface area contributed by atoms with Gasteiger partial charge in [0.05, 0.1) is 6.10 Å². The first-order valence-electron chi connectivity index (χ1n) is 15.1. The van der Waals surface area contributed by atoms with Crippen molar-refractivity contribution in [3.05, 3.63) is 29.8 Å². The SMILES string of the molecule is CC(C)CCC[C@@H](C)[C@H]1CC[C@H]2[C@@H]3CC[C@H]4C[C@@H](c5ccccc5O)[C@@H](O)C[C@]4(C)[C@H]3CC[C@]12C. The first-order chi connectivity index (χ1) is 16.6. The predicted molar refractivity (Wildman–Crippen MR) is 145 cm³/mol. The molecule has 2 N–H and O–H groups in total. The second-order valence-electron chi connectivity index (χ2n) is 14.4. The molecule has 196 valence electrons. The number of para-hydroxylation sites is 1. The van der Waals surface area contributed by atoms with Crippen LogP contribution in [0.15, 0.2) is 24.3 Å². The molecule has 0 aliphatic heterocycles. The summed E-state index contributed by atoms with van der Waals surface area (Å²) in [6.07, 6.45) is 14.2. The molecule has 4 aliphatic carbocycles. The molecule has 0 heterocycles. The van der Waals surface area contributed by atoms with E-state index in [0.717, 1.165) is 53.9 Å². The van der Waals surface area contributed by atoms with Gasteiger partial charge in [-0.2, -0.15) is 0 Å². The van der Waals surface area contributed by atoms with E-state index >= 15 is 0 Å². The third-order valence-electron chi connectivity index (χ3n) is 12.3. The number of rotatable bonds is 6. The van der Waals surface area contributed by atoms with Crippen LogP contribution in [0.1, 0.15) is 117 Å². The van der Waals surface area contributed by atoms with Crippen molar-refractivity contribution in [2.24, 2.45) is 52.3 Å². The van der Waals surface area contributed by atoms with Crippen LogP contribution in [0.5, 0.6) is 5.75 Å². The van der Waals surface area contributed by atoms with Crippen molar-refractivity contribution in [2.45, 2.75) is 117 Å². The van der Waals surface area contributed by atoms with Gasteiger partial charge in [-0.1, -0.05) is 72.1 Å². The van der Waals surface area contributed by atoms with Crippen LogP contribution in [-0.4, -0.2) is 16.3 Å². The van der Waals surface area contributed by atoms with Gasteiger partial charge < -0.3 is 10.2 Å². The minimum atomic E-state index is -0.339. The first kappa shape index (κ1) is 25.6. The van der Waals surface area contributed by atoms with Gasteiger partial charge in [-0.3, -0.25) is 0 Å². The summed E-state index contributed by atoms with van der Waals surface area (Å²) in [5.41, 5.74) is 1.75. The topological polar surface area (TPSA) is 40.5 Å². The number of phenols is 1. The Hall–Kier alpha value is -1.02. The predicted octanol–water partition coefficient (Wildman–Crippen LogP) is 8.57. The van der Waals surface area contributed by atoms with Crippen LogP contribution in [0.4, 0.5) is 0 Å². The average Bonchev–Trinajstić information content (AvgIpc) is 3.16. The van der Waals surface area contributed by atoms with Crippen LogP contribution in [0.3, 0.4) is 0 Å². The molecule has 4 saturated carbocycles. The molecule has 2 heteroatoms. The van der Waals surface area contributed by atoms with Crippen LogP contribution in [-0.2, 0) is 0 Å². The zero-order valence-electron chi connectivity index (χ0n) is 23.2. The van der Waals surface area contributed by atoms with E-state index in [-0.39, 0.29) is 17.4 Å². The number of aromatic hydroxyl groups is 1. The van der Waals surface area contributed by atoms with Crippen molar-refractivity contribution in [1.29, 1.82) is 0 Å². The number of fused-ring (bicyclic) bond motifs is 5. The number of aliphatic hydroxyl groups is 1. The van der Waals surface area contributed by atoms with E-state index in [2.05, 4.69) is 34.6 Å². The van der Waals surface area contributed by atoms with Gasteiger partial charge in [0.25, 0.3) is 0 Å². The molecule has 0 bridgehead atoms. The third-order valence-corrected chi connectivity index (χ3v) is 12.3. The lowest BCUT2D eigenvalue weighted by atomic mass is 9.43. The molecule has 35 heavy (non-hydrogen) atoms. The molecule has 0 amide bonds. The Morgan fingerprint density at radius 3 is 2.40 bits per heavy atom. The Bertz CT molecular complexity index is 878. The third kappa shape index (κ3) is 4.38. The molecule has 0 spiro atoms. The molecule has 0 unspecified atom stereocenters. The fourth-order valence-electron chi connectivity index (χ4n) is 10.5. The van der Waals surface area contributed by atoms with E-state index in [1.807, 2.05) is 18.2 Å². The Morgan fingerprint density at radius 2 is 1.66 bits per heavy atom. The van der Waals surface area contributed by atoms with Crippen molar-refractivity contribution < 1.29 is 10.2 Å². The Kier molecular flexibility index (Phi) is 7.10. The average molecular weight is 481 g/mol. The van der Waals surface area contributed by atoms with Gasteiger partial charge in [-0.05, 0) is 115 Å². The van der Waals surface area contributed by atoms with E-state index in [4.69, 9.17) is 0 Å². The van der Waals surface area contributed by atoms with Gasteiger partial charge in [0.2, 0.25) is 0 Å². The first-order valence-corrected chi connectivity index (χ1v) is 15.1. The van der Waals surface area contributed by atoms with Gasteiger partial charge in [0, 0.05) is 5.92 Å². The van der Waals surface area contributed by atoms with Gasteiger partial charge in [-0.25, -0.2) is 0 Å². The maximum Gasteiger partial charge on any atom is 0.119 e. The van der Waals surface area contributed by atoms with E-state index in [0.29, 0.717) is 17.1 Å². The van der Waals surface area contributed by atoms with Crippen LogP contribution in [0, 0.1) is 52.3 Å². The lowest BCUT2D eigenvalue weighted by Crippen LogP contribution is -2.55. The molecule has 5 rings (SSSR count). The Balaban J connectivity index is 1.31. The normalized spacial score (nSPS) is 43.9. The number of phenolic OH excluding ortho intramolecular Hbond substituents is 1. The molecule has 0 aromatic heterocycles. The van der Waals surface area contributed by atoms with Crippen molar-refractivity contribution >= 4 is 0 Å². The highest BCUT2D eigenvalue weighted by atomic mass is 16.3. The molecular formula is C33H52O2. The zero-order chi connectivity index (χ0) is 25.0. The van der Waals surface area contributed by atoms with Gasteiger partial charge in [-0.15, -0.1) is 0 Å². The number of benzene rings is 1. The van der Waals surface area contributed by atoms with E-state index in [1.165, 1.54) is 57.8 Å². The van der Waals surface area contributed by atoms with Crippen molar-refractivity contribution in [3.63, 3.8) is 0 Å². The largest absolute Gasteiger partial charge is 0.508 e. The van der Waals surface area contributed by atoms with Crippen LogP contribution in [0.25, 0.3) is 0 Å². The number of hydrogen-bond acceptors (Lipinski definition) is 2. The maximum absolute atomic E-state index is 11.4. The second kappa shape index (κ2) is 9.70. The Labute approximate surface area is 215 Å². The van der Waals surface area contributed by atoms with Crippen molar-refractivity contribution in [2.75, 3.05) is 0 Å². The number of aliphatic hydroxyl groups excluding tert-OH is 1. The zero-order valence-corrected chi connectivity index (χ0v) is 23.2. The fraction of sp³-hybridized carbons (Fsp3) is 0.818. The Morgan fingerprint density at radius 1 is 0.914 bits per heavy atom. The van der Waals surface area contributed by atoms with Crippen LogP contribution < -0.4 is 0 Å². The van der Waals surface area contributed by atoms with E-state index < -0.39 is 0 Å². The van der Waals surface area contributed by atoms with Crippen LogP contribution >= 0.6 is 0 Å². The minimum Gasteiger partial charge on any atom is -0.508 e. The minimum absolute atomic E-state index is 0.0854. The van der Waals surface area contributed by atoms with Crippen molar-refractivity contribution in [3.8, 4) is 5.75 Å². The molecule has 4 aliphatic rings. The highest BCUT2D eigenvalue weighted by molar-refractivity contribution is 5.36. The summed E-state index contributed by atoms with van der Waals surface area (Å²) in [6, 6.07) is 7.72. The molecule has 4 fully saturated rings. The summed E-state index contributed by atoms with van der Waals surface area (Å²) in [7, 11) is 0. The van der Waals surface area contributed by atoms with Crippen molar-refractivity contribution in [1.82, 2.24) is 0 Å². The summed E-state index contributed by atoms with van der Waals surface area (Å²) in [5, 5.41) is 21.9. The highest BCUT2D eigenvalue weighted by Gasteiger charge is 2.61. The fourth-order valence-corrected chi connectivity index (χ4v) is 10.5. The van der Waals surface area contributed by atoms with Gasteiger partial charge in [0.1, 0.15) is 5.75 Å². The summed E-state index contributed by atoms with van der Waals surface area (Å²) >= 11 is 0. The standard InChI is InChI=1S/C33H52O2/c1-21(2)9-8-10-22(3)27-15-16-28-25-14-13-23-19-26(24-11-6-7-12-30(24)34)31(35)20-33(23,5)29(25)17-18-32(27,28)4/h6-7,11-12,21-23,25-29,31,34-35H,8-10,13-20H2,1-5H3/t22-,23+,25+,26+,27-,28+,29+,31+,32-,33+/m1/s1. The lowest BCUT2D eigenvalue weighted by Gasteiger charge is -2.62. The quantitative estimate of drug-likeness (QED) is 0.428. The monoisotopic (exact) mass is 480 g/mol. The molecule has 2 nitrogen and oxygen atoms in total. The summed E-state index contributed by atoms with van der Waals surface area (Å²) in [5.74, 6) is 6.25. The van der Waals surface area contributed by atoms with E-state index in [1.54, 1.807) is 6.07 Å². The summed E-state index contributed by atoms with van der Waals surface area (Å²) < 4.78 is 0. The van der Waals surface area contributed by atoms with Gasteiger partial charge >= 0.3 is 0 Å². The molecule has 1 aromatic carbocycles.